The number of carbonyl (C=O) groups is 1. The summed E-state index contributed by atoms with van der Waals surface area (Å²) in [6.45, 7) is 3.38. The van der Waals surface area contributed by atoms with E-state index in [-0.39, 0.29) is 5.91 Å². The Hall–Kier alpha value is -1.91. The Morgan fingerprint density at radius 3 is 2.32 bits per heavy atom. The molecule has 0 spiro atoms. The molecule has 5 nitrogen and oxygen atoms in total. The van der Waals surface area contributed by atoms with E-state index in [2.05, 4.69) is 27.5 Å². The van der Waals surface area contributed by atoms with Gasteiger partial charge in [-0.05, 0) is 74.7 Å². The fourth-order valence-corrected chi connectivity index (χ4v) is 5.74. The number of allylic oxidation sites excluding steroid dienone is 1. The third-order valence-corrected chi connectivity index (χ3v) is 6.50. The molecule has 1 amide bonds. The summed E-state index contributed by atoms with van der Waals surface area (Å²) in [7, 11) is 0. The quantitative estimate of drug-likeness (QED) is 0.616. The monoisotopic (exact) mass is 340 g/mol. The van der Waals surface area contributed by atoms with Gasteiger partial charge in [-0.2, -0.15) is 0 Å². The molecule has 4 saturated carbocycles. The number of nitrogens with one attached hydrogen (secondary N) is 2. The van der Waals surface area contributed by atoms with E-state index in [9.17, 15) is 4.79 Å². The van der Waals surface area contributed by atoms with E-state index in [1.54, 1.807) is 18.5 Å². The summed E-state index contributed by atoms with van der Waals surface area (Å²) >= 11 is 0. The van der Waals surface area contributed by atoms with Gasteiger partial charge in [0.25, 0.3) is 0 Å². The molecule has 5 rings (SSSR count). The summed E-state index contributed by atoms with van der Waals surface area (Å²) in [6, 6.07) is 1.78. The number of hydrogen-bond acceptors (Lipinski definition) is 4. The molecule has 0 aliphatic heterocycles. The summed E-state index contributed by atoms with van der Waals surface area (Å²) in [5.74, 6) is 3.36. The molecule has 0 unspecified atom stereocenters. The highest BCUT2D eigenvalue weighted by atomic mass is 16.1. The Labute approximate surface area is 149 Å². The highest BCUT2D eigenvalue weighted by molar-refractivity contribution is 5.88. The molecular weight excluding hydrogens is 312 g/mol. The molecule has 5 heteroatoms. The van der Waals surface area contributed by atoms with Crippen LogP contribution in [0.25, 0.3) is 0 Å². The number of rotatable bonds is 6. The Morgan fingerprint density at radius 2 is 1.72 bits per heavy atom. The van der Waals surface area contributed by atoms with Crippen molar-refractivity contribution in [1.29, 1.82) is 0 Å². The maximum atomic E-state index is 12.3. The van der Waals surface area contributed by atoms with Crippen LogP contribution in [0.3, 0.4) is 0 Å². The van der Waals surface area contributed by atoms with Gasteiger partial charge in [0.2, 0.25) is 11.9 Å². The lowest BCUT2D eigenvalue weighted by molar-refractivity contribution is -0.116. The maximum absolute atomic E-state index is 12.3. The van der Waals surface area contributed by atoms with Crippen molar-refractivity contribution in [1.82, 2.24) is 15.3 Å². The first-order chi connectivity index (χ1) is 12.1. The number of anilines is 1. The van der Waals surface area contributed by atoms with E-state index >= 15 is 0 Å². The molecule has 1 aromatic heterocycles. The van der Waals surface area contributed by atoms with Crippen LogP contribution in [0, 0.1) is 23.2 Å². The second-order valence-electron chi connectivity index (χ2n) is 8.32. The number of nitrogens with zero attached hydrogens (tertiary/aromatic N) is 2. The van der Waals surface area contributed by atoms with Crippen molar-refractivity contribution in [3.8, 4) is 0 Å². The molecule has 0 saturated heterocycles. The van der Waals surface area contributed by atoms with E-state index < -0.39 is 0 Å². The van der Waals surface area contributed by atoms with Gasteiger partial charge in [0, 0.05) is 31.6 Å². The zero-order valence-corrected chi connectivity index (χ0v) is 15.0. The molecule has 0 aromatic carbocycles. The lowest BCUT2D eigenvalue weighted by Crippen LogP contribution is -2.46. The first-order valence-electron chi connectivity index (χ1n) is 9.60. The van der Waals surface area contributed by atoms with Crippen molar-refractivity contribution in [2.24, 2.45) is 23.2 Å². The molecule has 4 aliphatic rings. The first-order valence-corrected chi connectivity index (χ1v) is 9.60. The Bertz CT molecular complexity index is 620. The van der Waals surface area contributed by atoms with E-state index in [0.29, 0.717) is 24.5 Å². The van der Waals surface area contributed by atoms with Crippen molar-refractivity contribution in [3.63, 3.8) is 0 Å². The number of amides is 1. The number of carbonyl (C=O) groups excluding carboxylic acids is 1. The summed E-state index contributed by atoms with van der Waals surface area (Å²) < 4.78 is 0. The Morgan fingerprint density at radius 1 is 1.12 bits per heavy atom. The van der Waals surface area contributed by atoms with Gasteiger partial charge >= 0.3 is 0 Å². The average molecular weight is 340 g/mol. The topological polar surface area (TPSA) is 66.9 Å². The van der Waals surface area contributed by atoms with Gasteiger partial charge in [-0.1, -0.05) is 5.57 Å². The minimum absolute atomic E-state index is 0.0315. The SMILES string of the molecule is CC(=CC(=O)NCCNc1ncccn1)C12CC3CC(CC(C3)C1)C2. The fraction of sp³-hybridized carbons (Fsp3) is 0.650. The smallest absolute Gasteiger partial charge is 0.244 e. The Balaban J connectivity index is 1.29. The zero-order valence-electron chi connectivity index (χ0n) is 15.0. The molecule has 0 atom stereocenters. The molecule has 1 heterocycles. The summed E-state index contributed by atoms with van der Waals surface area (Å²) in [5, 5.41) is 6.09. The van der Waals surface area contributed by atoms with Gasteiger partial charge in [-0.15, -0.1) is 0 Å². The van der Waals surface area contributed by atoms with Gasteiger partial charge in [0.1, 0.15) is 0 Å². The minimum Gasteiger partial charge on any atom is -0.352 e. The second kappa shape index (κ2) is 6.77. The molecule has 4 aliphatic carbocycles. The molecular formula is C20H28N4O. The van der Waals surface area contributed by atoms with Gasteiger partial charge in [-0.3, -0.25) is 4.79 Å². The first kappa shape index (κ1) is 16.6. The molecule has 0 radical (unpaired) electrons. The van der Waals surface area contributed by atoms with Crippen LogP contribution in [0.2, 0.25) is 0 Å². The third-order valence-electron chi connectivity index (χ3n) is 6.50. The third kappa shape index (κ3) is 3.55. The standard InChI is InChI=1S/C20H28N4O/c1-14(20-11-15-8-16(12-20)10-17(9-15)13-20)7-18(25)21-5-6-24-19-22-3-2-4-23-19/h2-4,7,15-17H,5-6,8-13H2,1H3,(H,21,25)(H,22,23,24). The summed E-state index contributed by atoms with van der Waals surface area (Å²) in [6.07, 6.45) is 13.5. The van der Waals surface area contributed by atoms with Crippen LogP contribution in [-0.2, 0) is 4.79 Å². The highest BCUT2D eigenvalue weighted by Crippen LogP contribution is 2.62. The maximum Gasteiger partial charge on any atom is 0.244 e. The largest absolute Gasteiger partial charge is 0.352 e. The highest BCUT2D eigenvalue weighted by Gasteiger charge is 2.51. The Kier molecular flexibility index (Phi) is 4.48. The van der Waals surface area contributed by atoms with Crippen LogP contribution in [-0.4, -0.2) is 29.0 Å². The van der Waals surface area contributed by atoms with Crippen LogP contribution >= 0.6 is 0 Å². The molecule has 2 N–H and O–H groups in total. The van der Waals surface area contributed by atoms with Crippen LogP contribution in [0.15, 0.2) is 30.1 Å². The minimum atomic E-state index is 0.0315. The van der Waals surface area contributed by atoms with Crippen molar-refractivity contribution in [2.75, 3.05) is 18.4 Å². The van der Waals surface area contributed by atoms with Crippen LogP contribution < -0.4 is 10.6 Å². The molecule has 4 bridgehead atoms. The summed E-state index contributed by atoms with van der Waals surface area (Å²) in [4.78, 5) is 20.5. The van der Waals surface area contributed by atoms with Crippen LogP contribution in [0.5, 0.6) is 0 Å². The van der Waals surface area contributed by atoms with Crippen molar-refractivity contribution in [2.45, 2.75) is 45.4 Å². The lowest BCUT2D eigenvalue weighted by atomic mass is 9.48. The second-order valence-corrected chi connectivity index (χ2v) is 8.32. The normalized spacial score (nSPS) is 33.3. The van der Waals surface area contributed by atoms with E-state index in [4.69, 9.17) is 0 Å². The van der Waals surface area contributed by atoms with E-state index in [1.165, 1.54) is 44.1 Å². The summed E-state index contributed by atoms with van der Waals surface area (Å²) in [5.41, 5.74) is 1.63. The molecule has 25 heavy (non-hydrogen) atoms. The van der Waals surface area contributed by atoms with Gasteiger partial charge in [0.05, 0.1) is 0 Å². The van der Waals surface area contributed by atoms with E-state index in [1.807, 2.05) is 6.08 Å². The van der Waals surface area contributed by atoms with Crippen molar-refractivity contribution < 1.29 is 4.79 Å². The molecule has 4 fully saturated rings. The number of aromatic nitrogens is 2. The van der Waals surface area contributed by atoms with Gasteiger partial charge in [-0.25, -0.2) is 9.97 Å². The predicted molar refractivity (Wildman–Crippen MR) is 97.9 cm³/mol. The van der Waals surface area contributed by atoms with Crippen LogP contribution in [0.1, 0.15) is 45.4 Å². The molecule has 1 aromatic rings. The number of hydrogen-bond donors (Lipinski definition) is 2. The average Bonchev–Trinajstić information content (AvgIpc) is 2.58. The zero-order chi connectivity index (χ0) is 17.3. The van der Waals surface area contributed by atoms with Crippen LogP contribution in [0.4, 0.5) is 5.95 Å². The molecule has 134 valence electrons. The van der Waals surface area contributed by atoms with E-state index in [0.717, 1.165) is 17.8 Å². The van der Waals surface area contributed by atoms with Crippen molar-refractivity contribution >= 4 is 11.9 Å². The van der Waals surface area contributed by atoms with Gasteiger partial charge in [0.15, 0.2) is 0 Å². The van der Waals surface area contributed by atoms with Gasteiger partial charge < -0.3 is 10.6 Å². The van der Waals surface area contributed by atoms with Crippen molar-refractivity contribution in [3.05, 3.63) is 30.1 Å². The lowest BCUT2D eigenvalue weighted by Gasteiger charge is -2.57. The predicted octanol–water partition coefficient (Wildman–Crippen LogP) is 3.17. The fourth-order valence-electron chi connectivity index (χ4n) is 5.74.